The minimum Gasteiger partial charge on any atom is -0.341 e. The summed E-state index contributed by atoms with van der Waals surface area (Å²) in [5.41, 5.74) is 5.51. The molecule has 2 heterocycles. The Hall–Kier alpha value is -1.43. The van der Waals surface area contributed by atoms with Crippen LogP contribution >= 0.6 is 0 Å². The van der Waals surface area contributed by atoms with Gasteiger partial charge < -0.3 is 10.6 Å². The highest BCUT2D eigenvalue weighted by Crippen LogP contribution is 2.28. The van der Waals surface area contributed by atoms with Gasteiger partial charge in [-0.05, 0) is 13.3 Å². The predicted molar refractivity (Wildman–Crippen MR) is 55.0 cm³/mol. The number of rotatable bonds is 1. The fourth-order valence-corrected chi connectivity index (χ4v) is 2.33. The summed E-state index contributed by atoms with van der Waals surface area (Å²) in [6.45, 7) is 2.43. The molecule has 0 aliphatic carbocycles. The van der Waals surface area contributed by atoms with Gasteiger partial charge in [0.1, 0.15) is 0 Å². The molecule has 2 saturated heterocycles. The van der Waals surface area contributed by atoms with Gasteiger partial charge in [-0.1, -0.05) is 0 Å². The van der Waals surface area contributed by atoms with Crippen LogP contribution in [0.1, 0.15) is 13.3 Å². The van der Waals surface area contributed by atoms with E-state index in [4.69, 9.17) is 5.73 Å². The van der Waals surface area contributed by atoms with Crippen molar-refractivity contribution in [1.29, 1.82) is 0 Å². The molecule has 2 fully saturated rings. The van der Waals surface area contributed by atoms with Gasteiger partial charge in [0.25, 0.3) is 0 Å². The molecule has 0 spiro atoms. The molecule has 2 aliphatic heterocycles. The molecule has 6 nitrogen and oxygen atoms in total. The fourth-order valence-electron chi connectivity index (χ4n) is 2.33. The molecule has 3 unspecified atom stereocenters. The van der Waals surface area contributed by atoms with E-state index in [1.807, 2.05) is 0 Å². The van der Waals surface area contributed by atoms with Gasteiger partial charge >= 0.3 is 0 Å². The first kappa shape index (κ1) is 11.1. The second-order valence-electron chi connectivity index (χ2n) is 4.43. The Bertz CT molecular complexity index is 353. The summed E-state index contributed by atoms with van der Waals surface area (Å²) in [6, 6.07) is -0.559. The van der Waals surface area contributed by atoms with E-state index in [9.17, 15) is 14.4 Å². The van der Waals surface area contributed by atoms with Crippen LogP contribution in [0.4, 0.5) is 0 Å². The highest BCUT2D eigenvalue weighted by atomic mass is 16.2. The summed E-state index contributed by atoms with van der Waals surface area (Å²) in [5, 5.41) is 2.30. The fraction of sp³-hybridized carbons (Fsp3) is 0.700. The molecule has 6 heteroatoms. The van der Waals surface area contributed by atoms with Crippen LogP contribution < -0.4 is 11.1 Å². The number of hydrogen-bond donors (Lipinski definition) is 2. The van der Waals surface area contributed by atoms with E-state index in [-0.39, 0.29) is 29.6 Å². The van der Waals surface area contributed by atoms with E-state index in [1.165, 1.54) is 0 Å². The Morgan fingerprint density at radius 2 is 2.06 bits per heavy atom. The Balaban J connectivity index is 2.08. The smallest absolute Gasteiger partial charge is 0.239 e. The minimum absolute atomic E-state index is 0.161. The second kappa shape index (κ2) is 3.86. The third kappa shape index (κ3) is 1.69. The molecule has 0 aromatic carbocycles. The molecule has 0 bridgehead atoms. The zero-order valence-corrected chi connectivity index (χ0v) is 9.10. The van der Waals surface area contributed by atoms with Gasteiger partial charge in [-0.15, -0.1) is 0 Å². The van der Waals surface area contributed by atoms with Crippen molar-refractivity contribution in [3.63, 3.8) is 0 Å². The number of likely N-dealkylation sites (tertiary alicyclic amines) is 1. The minimum atomic E-state index is -0.559. The highest BCUT2D eigenvalue weighted by Gasteiger charge is 2.45. The third-order valence-corrected chi connectivity index (χ3v) is 3.23. The van der Waals surface area contributed by atoms with Crippen molar-refractivity contribution in [3.05, 3.63) is 0 Å². The van der Waals surface area contributed by atoms with Crippen LogP contribution in [0.15, 0.2) is 0 Å². The summed E-state index contributed by atoms with van der Waals surface area (Å²) in [7, 11) is 0. The summed E-state index contributed by atoms with van der Waals surface area (Å²) in [6.07, 6.45) is 0.542. The van der Waals surface area contributed by atoms with Crippen molar-refractivity contribution < 1.29 is 14.4 Å². The summed E-state index contributed by atoms with van der Waals surface area (Å²) >= 11 is 0. The predicted octanol–water partition coefficient (Wildman–Crippen LogP) is -1.55. The normalized spacial score (nSPS) is 31.0. The van der Waals surface area contributed by atoms with Gasteiger partial charge in [-0.2, -0.15) is 0 Å². The lowest BCUT2D eigenvalue weighted by Crippen LogP contribution is -2.49. The quantitative estimate of drug-likeness (QED) is 0.529. The first-order chi connectivity index (χ1) is 7.50. The van der Waals surface area contributed by atoms with Gasteiger partial charge in [0, 0.05) is 13.1 Å². The van der Waals surface area contributed by atoms with Crippen molar-refractivity contribution in [1.82, 2.24) is 10.2 Å². The molecular weight excluding hydrogens is 210 g/mol. The van der Waals surface area contributed by atoms with Crippen LogP contribution in [0.3, 0.4) is 0 Å². The summed E-state index contributed by atoms with van der Waals surface area (Å²) < 4.78 is 0. The van der Waals surface area contributed by atoms with Gasteiger partial charge in [0.05, 0.1) is 17.9 Å². The van der Waals surface area contributed by atoms with Crippen LogP contribution in [0, 0.1) is 11.8 Å². The molecule has 16 heavy (non-hydrogen) atoms. The van der Waals surface area contributed by atoms with Crippen molar-refractivity contribution in [2.45, 2.75) is 19.4 Å². The average Bonchev–Trinajstić information content (AvgIpc) is 2.53. The first-order valence-electron chi connectivity index (χ1n) is 5.39. The molecule has 0 radical (unpaired) electrons. The SMILES string of the molecule is CC(N)C(=O)N1CCC2C(=O)NC(=O)C2C1. The number of carbonyl (C=O) groups excluding carboxylic acids is 3. The largest absolute Gasteiger partial charge is 0.341 e. The van der Waals surface area contributed by atoms with Crippen LogP contribution in [0.5, 0.6) is 0 Å². The Morgan fingerprint density at radius 1 is 1.44 bits per heavy atom. The number of nitrogens with zero attached hydrogens (tertiary/aromatic N) is 1. The summed E-state index contributed by atoms with van der Waals surface area (Å²) in [4.78, 5) is 36.1. The van der Waals surface area contributed by atoms with E-state index >= 15 is 0 Å². The maximum Gasteiger partial charge on any atom is 0.239 e. The Morgan fingerprint density at radius 3 is 2.69 bits per heavy atom. The zero-order chi connectivity index (χ0) is 11.9. The molecule has 3 N–H and O–H groups in total. The molecule has 2 rings (SSSR count). The number of fused-ring (bicyclic) bond motifs is 1. The van der Waals surface area contributed by atoms with Gasteiger partial charge in [0.15, 0.2) is 0 Å². The van der Waals surface area contributed by atoms with Crippen molar-refractivity contribution >= 4 is 17.7 Å². The monoisotopic (exact) mass is 225 g/mol. The molecule has 0 aromatic rings. The number of hydrogen-bond acceptors (Lipinski definition) is 4. The lowest BCUT2D eigenvalue weighted by atomic mass is 9.87. The average molecular weight is 225 g/mol. The van der Waals surface area contributed by atoms with Crippen LogP contribution in [0.2, 0.25) is 0 Å². The molecule has 0 saturated carbocycles. The topological polar surface area (TPSA) is 92.5 Å². The van der Waals surface area contributed by atoms with Gasteiger partial charge in [-0.3, -0.25) is 19.7 Å². The van der Waals surface area contributed by atoms with Crippen LogP contribution in [-0.4, -0.2) is 41.8 Å². The van der Waals surface area contributed by atoms with Crippen LogP contribution in [-0.2, 0) is 14.4 Å². The lowest BCUT2D eigenvalue weighted by molar-refractivity contribution is -0.137. The third-order valence-electron chi connectivity index (χ3n) is 3.23. The number of imide groups is 1. The number of nitrogens with one attached hydrogen (secondary N) is 1. The molecule has 2 aliphatic rings. The van der Waals surface area contributed by atoms with E-state index in [2.05, 4.69) is 5.32 Å². The zero-order valence-electron chi connectivity index (χ0n) is 9.10. The Labute approximate surface area is 93.1 Å². The number of nitrogens with two attached hydrogens (primary N) is 1. The first-order valence-corrected chi connectivity index (χ1v) is 5.39. The number of carbonyl (C=O) groups is 3. The lowest BCUT2D eigenvalue weighted by Gasteiger charge is -2.33. The molecule has 0 aromatic heterocycles. The Kier molecular flexibility index (Phi) is 2.67. The van der Waals surface area contributed by atoms with E-state index in [0.29, 0.717) is 19.5 Å². The standard InChI is InChI=1S/C10H15N3O3/c1-5(11)10(16)13-3-2-6-7(4-13)9(15)12-8(6)14/h5-7H,2-4,11H2,1H3,(H,12,14,15). The van der Waals surface area contributed by atoms with Gasteiger partial charge in [-0.25, -0.2) is 0 Å². The molecule has 3 amide bonds. The van der Waals surface area contributed by atoms with Crippen molar-refractivity contribution in [2.24, 2.45) is 17.6 Å². The highest BCUT2D eigenvalue weighted by molar-refractivity contribution is 6.05. The molecular formula is C10H15N3O3. The summed E-state index contributed by atoms with van der Waals surface area (Å²) in [5.74, 6) is -1.28. The number of amides is 3. The number of piperidine rings is 1. The molecule has 3 atom stereocenters. The van der Waals surface area contributed by atoms with Gasteiger partial charge in [0.2, 0.25) is 17.7 Å². The van der Waals surface area contributed by atoms with E-state index in [1.54, 1.807) is 11.8 Å². The second-order valence-corrected chi connectivity index (χ2v) is 4.43. The van der Waals surface area contributed by atoms with Crippen LogP contribution in [0.25, 0.3) is 0 Å². The molecule has 88 valence electrons. The van der Waals surface area contributed by atoms with E-state index < -0.39 is 6.04 Å². The van der Waals surface area contributed by atoms with Crippen molar-refractivity contribution in [3.8, 4) is 0 Å². The van der Waals surface area contributed by atoms with Crippen molar-refractivity contribution in [2.75, 3.05) is 13.1 Å². The maximum atomic E-state index is 11.7. The van der Waals surface area contributed by atoms with E-state index in [0.717, 1.165) is 0 Å². The maximum absolute atomic E-state index is 11.7.